The number of nitrogens with one attached hydrogen (secondary N) is 1. The first-order chi connectivity index (χ1) is 6.29. The van der Waals surface area contributed by atoms with Gasteiger partial charge in [-0.25, -0.2) is 13.4 Å². The minimum absolute atomic E-state index is 0.330. The molecule has 1 heterocycles. The molecule has 0 radical (unpaired) electrons. The van der Waals surface area contributed by atoms with Gasteiger partial charge in [-0.2, -0.15) is 5.10 Å². The first-order valence-corrected chi connectivity index (χ1v) is 6.29. The fourth-order valence-corrected chi connectivity index (χ4v) is 1.31. The zero-order valence-electron chi connectivity index (χ0n) is 8.83. The van der Waals surface area contributed by atoms with E-state index in [0.717, 1.165) is 0 Å². The summed E-state index contributed by atoms with van der Waals surface area (Å²) in [6.07, 6.45) is 1.90. The van der Waals surface area contributed by atoms with E-state index in [-0.39, 0.29) is 0 Å². The molecule has 0 aliphatic rings. The molecule has 1 aromatic heterocycles. The van der Waals surface area contributed by atoms with Crippen LogP contribution in [0.2, 0.25) is 0 Å². The summed E-state index contributed by atoms with van der Waals surface area (Å²) in [4.78, 5) is 4.12. The van der Waals surface area contributed by atoms with Gasteiger partial charge in [0.15, 0.2) is 15.7 Å². The van der Waals surface area contributed by atoms with E-state index in [1.54, 1.807) is 13.8 Å². The van der Waals surface area contributed by atoms with E-state index in [9.17, 15) is 8.42 Å². The molecule has 0 saturated heterocycles. The number of nitrogens with zero attached hydrogens (tertiary/aromatic N) is 2. The molecule has 0 spiro atoms. The summed E-state index contributed by atoms with van der Waals surface area (Å²) in [6, 6.07) is 0. The van der Waals surface area contributed by atoms with Gasteiger partial charge in [-0.1, -0.05) is 6.92 Å². The highest BCUT2D eigenvalue weighted by Crippen LogP contribution is 2.25. The van der Waals surface area contributed by atoms with Gasteiger partial charge in [0, 0.05) is 12.7 Å². The second kappa shape index (κ2) is 3.34. The third-order valence-corrected chi connectivity index (χ3v) is 4.37. The number of aromatic amines is 1. The van der Waals surface area contributed by atoms with Gasteiger partial charge in [-0.3, -0.25) is 5.10 Å². The second-order valence-electron chi connectivity index (χ2n) is 3.74. The maximum Gasteiger partial charge on any atom is 0.171 e. The Morgan fingerprint density at radius 2 is 2.00 bits per heavy atom. The monoisotopic (exact) mass is 217 g/mol. The highest BCUT2D eigenvalue weighted by atomic mass is 32.2. The molecule has 1 aromatic rings. The highest BCUT2D eigenvalue weighted by Gasteiger charge is 2.36. The number of hydrogen-bond acceptors (Lipinski definition) is 4. The largest absolute Gasteiger partial charge is 0.263 e. The van der Waals surface area contributed by atoms with E-state index >= 15 is 0 Å². The summed E-state index contributed by atoms with van der Waals surface area (Å²) in [5.41, 5.74) is 0. The molecule has 0 fully saturated rings. The number of H-pyrrole nitrogens is 1. The Morgan fingerprint density at radius 1 is 1.43 bits per heavy atom. The van der Waals surface area contributed by atoms with Crippen molar-refractivity contribution in [2.75, 3.05) is 6.26 Å². The van der Waals surface area contributed by atoms with Crippen molar-refractivity contribution in [3.8, 4) is 0 Å². The van der Waals surface area contributed by atoms with Crippen LogP contribution in [0.15, 0.2) is 0 Å². The van der Waals surface area contributed by atoms with Crippen molar-refractivity contribution in [1.29, 1.82) is 0 Å². The van der Waals surface area contributed by atoms with Crippen LogP contribution >= 0.6 is 0 Å². The van der Waals surface area contributed by atoms with Gasteiger partial charge >= 0.3 is 0 Å². The van der Waals surface area contributed by atoms with Crippen LogP contribution in [0.25, 0.3) is 0 Å². The van der Waals surface area contributed by atoms with Gasteiger partial charge in [0.2, 0.25) is 0 Å². The zero-order valence-corrected chi connectivity index (χ0v) is 9.64. The summed E-state index contributed by atoms with van der Waals surface area (Å²) < 4.78 is 21.9. The summed E-state index contributed by atoms with van der Waals surface area (Å²) in [5.74, 6) is 1.04. The van der Waals surface area contributed by atoms with E-state index in [2.05, 4.69) is 15.2 Å². The molecule has 0 aliphatic heterocycles. The first-order valence-electron chi connectivity index (χ1n) is 4.40. The van der Waals surface area contributed by atoms with Crippen molar-refractivity contribution < 1.29 is 8.42 Å². The average Bonchev–Trinajstić information content (AvgIpc) is 2.49. The molecule has 0 unspecified atom stereocenters. The van der Waals surface area contributed by atoms with Crippen LogP contribution in [0, 0.1) is 0 Å². The van der Waals surface area contributed by atoms with E-state index in [4.69, 9.17) is 0 Å². The third-order valence-electron chi connectivity index (χ3n) is 2.33. The summed E-state index contributed by atoms with van der Waals surface area (Å²) in [6.45, 7) is 5.13. The van der Waals surface area contributed by atoms with Crippen LogP contribution in [0.4, 0.5) is 0 Å². The Balaban J connectivity index is 3.17. The van der Waals surface area contributed by atoms with E-state index < -0.39 is 14.6 Å². The quantitative estimate of drug-likeness (QED) is 0.806. The summed E-state index contributed by atoms with van der Waals surface area (Å²) >= 11 is 0. The van der Waals surface area contributed by atoms with Crippen molar-refractivity contribution in [3.05, 3.63) is 11.6 Å². The molecule has 1 N–H and O–H groups in total. The molecule has 5 nitrogen and oxygen atoms in total. The van der Waals surface area contributed by atoms with Crippen LogP contribution in [-0.2, 0) is 21.0 Å². The second-order valence-corrected chi connectivity index (χ2v) is 6.31. The predicted octanol–water partition coefficient (Wildman–Crippen LogP) is 0.647. The topological polar surface area (TPSA) is 75.7 Å². The fourth-order valence-electron chi connectivity index (χ4n) is 0.889. The lowest BCUT2D eigenvalue weighted by Gasteiger charge is -2.17. The molecule has 80 valence electrons. The molecule has 0 bridgehead atoms. The minimum Gasteiger partial charge on any atom is -0.263 e. The smallest absolute Gasteiger partial charge is 0.171 e. The highest BCUT2D eigenvalue weighted by molar-refractivity contribution is 7.91. The van der Waals surface area contributed by atoms with Crippen LogP contribution in [-0.4, -0.2) is 29.9 Å². The van der Waals surface area contributed by atoms with Gasteiger partial charge in [0.25, 0.3) is 0 Å². The van der Waals surface area contributed by atoms with E-state index in [1.807, 2.05) is 6.92 Å². The van der Waals surface area contributed by atoms with Gasteiger partial charge in [0.05, 0.1) is 0 Å². The van der Waals surface area contributed by atoms with Crippen LogP contribution in [0.1, 0.15) is 32.4 Å². The molecule has 0 saturated carbocycles. The van der Waals surface area contributed by atoms with Crippen molar-refractivity contribution in [2.45, 2.75) is 31.9 Å². The lowest BCUT2D eigenvalue weighted by atomic mass is 10.2. The Labute approximate surface area is 83.9 Å². The van der Waals surface area contributed by atoms with Gasteiger partial charge in [0.1, 0.15) is 10.6 Å². The minimum atomic E-state index is -3.20. The van der Waals surface area contributed by atoms with Gasteiger partial charge < -0.3 is 0 Å². The zero-order chi connectivity index (χ0) is 11.0. The van der Waals surface area contributed by atoms with Crippen molar-refractivity contribution in [3.63, 3.8) is 0 Å². The maximum atomic E-state index is 11.5. The standard InChI is InChI=1S/C8H15N3O2S/c1-5-6-9-7(11-10-6)8(2,3)14(4,12)13/h5H2,1-4H3,(H,9,10,11). The number of sulfone groups is 1. The predicted molar refractivity (Wildman–Crippen MR) is 53.6 cm³/mol. The van der Waals surface area contributed by atoms with Crippen molar-refractivity contribution in [1.82, 2.24) is 15.2 Å². The first kappa shape index (κ1) is 11.2. The average molecular weight is 217 g/mol. The molecule has 14 heavy (non-hydrogen) atoms. The Hall–Kier alpha value is -0.910. The lowest BCUT2D eigenvalue weighted by molar-refractivity contribution is 0.550. The normalized spacial score (nSPS) is 13.1. The molecular formula is C8H15N3O2S. The Kier molecular flexibility index (Phi) is 2.67. The lowest BCUT2D eigenvalue weighted by Crippen LogP contribution is -2.29. The Bertz CT molecular complexity index is 420. The number of hydrogen-bond donors (Lipinski definition) is 1. The SMILES string of the molecule is CCc1nc(C(C)(C)S(C)(=O)=O)n[nH]1. The number of aryl methyl sites for hydroxylation is 1. The number of rotatable bonds is 3. The van der Waals surface area contributed by atoms with Gasteiger partial charge in [-0.05, 0) is 13.8 Å². The molecule has 0 aliphatic carbocycles. The number of aromatic nitrogens is 3. The van der Waals surface area contributed by atoms with Crippen molar-refractivity contribution in [2.24, 2.45) is 0 Å². The Morgan fingerprint density at radius 3 is 2.36 bits per heavy atom. The molecule has 0 atom stereocenters. The van der Waals surface area contributed by atoms with Crippen molar-refractivity contribution >= 4 is 9.84 Å². The van der Waals surface area contributed by atoms with E-state index in [0.29, 0.717) is 18.1 Å². The molecule has 1 rings (SSSR count). The molecule has 0 amide bonds. The van der Waals surface area contributed by atoms with E-state index in [1.165, 1.54) is 6.26 Å². The van der Waals surface area contributed by atoms with Gasteiger partial charge in [-0.15, -0.1) is 0 Å². The van der Waals surface area contributed by atoms with Crippen LogP contribution in [0.5, 0.6) is 0 Å². The molecule has 6 heteroatoms. The summed E-state index contributed by atoms with van der Waals surface area (Å²) in [7, 11) is -3.20. The fraction of sp³-hybridized carbons (Fsp3) is 0.750. The summed E-state index contributed by atoms with van der Waals surface area (Å²) in [5, 5.41) is 6.62. The van der Waals surface area contributed by atoms with Crippen LogP contribution < -0.4 is 0 Å². The molecule has 0 aromatic carbocycles. The van der Waals surface area contributed by atoms with Crippen LogP contribution in [0.3, 0.4) is 0 Å². The third kappa shape index (κ3) is 1.79. The molecular weight excluding hydrogens is 202 g/mol. The maximum absolute atomic E-state index is 11.5.